The Kier molecular flexibility index (Phi) is 4.67. The highest BCUT2D eigenvalue weighted by atomic mass is 32.2. The zero-order chi connectivity index (χ0) is 14.7. The first-order valence-corrected chi connectivity index (χ1v) is 8.73. The average Bonchev–Trinajstić information content (AvgIpc) is 2.97. The van der Waals surface area contributed by atoms with Crippen molar-refractivity contribution in [3.05, 3.63) is 35.9 Å². The highest BCUT2D eigenvalue weighted by Crippen LogP contribution is 2.41. The first kappa shape index (κ1) is 15.1. The molecule has 4 heteroatoms. The van der Waals surface area contributed by atoms with Gasteiger partial charge in [-0.1, -0.05) is 30.3 Å². The van der Waals surface area contributed by atoms with Gasteiger partial charge in [0.1, 0.15) is 6.10 Å². The first-order valence-electron chi connectivity index (χ1n) is 7.57. The van der Waals surface area contributed by atoms with E-state index < -0.39 is 6.10 Å². The number of Topliss-reactive ketones (excluding diaryl/α,β-unsaturated/α-hetero) is 1. The molecule has 0 aliphatic carbocycles. The van der Waals surface area contributed by atoms with Crippen LogP contribution in [0.4, 0.5) is 0 Å². The summed E-state index contributed by atoms with van der Waals surface area (Å²) in [6.45, 7) is 0.697. The van der Waals surface area contributed by atoms with Crippen molar-refractivity contribution in [1.29, 1.82) is 0 Å². The number of ketones is 1. The monoisotopic (exact) mass is 306 g/mol. The summed E-state index contributed by atoms with van der Waals surface area (Å²) in [5.41, 5.74) is 0.893. The maximum atomic E-state index is 12.9. The maximum absolute atomic E-state index is 12.9. The molecule has 2 aliphatic rings. The van der Waals surface area contributed by atoms with Crippen LogP contribution in [0.2, 0.25) is 0 Å². The first-order chi connectivity index (χ1) is 10.2. The lowest BCUT2D eigenvalue weighted by molar-refractivity contribution is -0.143. The second-order valence-electron chi connectivity index (χ2n) is 5.95. The van der Waals surface area contributed by atoms with Gasteiger partial charge in [0.15, 0.2) is 5.78 Å². The van der Waals surface area contributed by atoms with E-state index >= 15 is 0 Å². The number of carbonyl (C=O) groups is 1. The van der Waals surface area contributed by atoms with Crippen molar-refractivity contribution in [3.8, 4) is 0 Å². The highest BCUT2D eigenvalue weighted by Gasteiger charge is 2.43. The Morgan fingerprint density at radius 3 is 2.90 bits per heavy atom. The van der Waals surface area contributed by atoms with Gasteiger partial charge in [-0.3, -0.25) is 4.79 Å². The minimum atomic E-state index is -0.444. The van der Waals surface area contributed by atoms with Gasteiger partial charge in [0, 0.05) is 25.4 Å². The zero-order valence-electron chi connectivity index (χ0n) is 12.4. The van der Waals surface area contributed by atoms with Gasteiger partial charge < -0.3 is 9.47 Å². The number of methoxy groups -OCH3 is 1. The second kappa shape index (κ2) is 6.51. The Morgan fingerprint density at radius 2 is 2.24 bits per heavy atom. The van der Waals surface area contributed by atoms with E-state index in [1.807, 2.05) is 42.1 Å². The van der Waals surface area contributed by atoms with Crippen LogP contribution in [-0.2, 0) is 14.3 Å². The largest absolute Gasteiger partial charge is 0.374 e. The fourth-order valence-corrected chi connectivity index (χ4v) is 4.77. The topological polar surface area (TPSA) is 35.5 Å². The molecule has 0 saturated carbocycles. The van der Waals surface area contributed by atoms with Gasteiger partial charge in [0.05, 0.1) is 5.60 Å². The highest BCUT2D eigenvalue weighted by molar-refractivity contribution is 7.99. The third kappa shape index (κ3) is 3.17. The fraction of sp³-hybridized carbons (Fsp3) is 0.588. The number of rotatable bonds is 4. The van der Waals surface area contributed by atoms with Crippen LogP contribution in [0.15, 0.2) is 30.3 Å². The maximum Gasteiger partial charge on any atom is 0.169 e. The smallest absolute Gasteiger partial charge is 0.169 e. The number of hydrogen-bond acceptors (Lipinski definition) is 4. The summed E-state index contributed by atoms with van der Waals surface area (Å²) in [6, 6.07) is 9.79. The molecule has 21 heavy (non-hydrogen) atoms. The van der Waals surface area contributed by atoms with Gasteiger partial charge in [0.2, 0.25) is 0 Å². The molecule has 3 nitrogen and oxygen atoms in total. The van der Waals surface area contributed by atoms with Crippen molar-refractivity contribution in [2.75, 3.05) is 25.2 Å². The van der Waals surface area contributed by atoms with E-state index in [0.29, 0.717) is 6.61 Å². The molecule has 2 fully saturated rings. The molecule has 114 valence electrons. The van der Waals surface area contributed by atoms with E-state index in [1.165, 1.54) is 0 Å². The summed E-state index contributed by atoms with van der Waals surface area (Å²) in [6.07, 6.45) is 2.30. The van der Waals surface area contributed by atoms with Crippen LogP contribution in [0, 0.1) is 5.92 Å². The summed E-state index contributed by atoms with van der Waals surface area (Å²) < 4.78 is 11.5. The molecule has 1 aromatic rings. The number of carbonyl (C=O) groups excluding carboxylic acids is 1. The lowest BCUT2D eigenvalue weighted by Gasteiger charge is -2.38. The molecular weight excluding hydrogens is 284 g/mol. The molecule has 0 radical (unpaired) electrons. The van der Waals surface area contributed by atoms with Gasteiger partial charge in [-0.15, -0.1) is 0 Å². The van der Waals surface area contributed by atoms with Crippen LogP contribution in [0.3, 0.4) is 0 Å². The van der Waals surface area contributed by atoms with Crippen molar-refractivity contribution < 1.29 is 14.3 Å². The van der Waals surface area contributed by atoms with Crippen LogP contribution < -0.4 is 0 Å². The number of benzene rings is 1. The lowest BCUT2D eigenvalue weighted by atomic mass is 9.80. The summed E-state index contributed by atoms with van der Waals surface area (Å²) in [4.78, 5) is 12.9. The van der Waals surface area contributed by atoms with Crippen LogP contribution in [0.25, 0.3) is 0 Å². The molecular formula is C17H22O3S. The van der Waals surface area contributed by atoms with Crippen LogP contribution >= 0.6 is 11.8 Å². The Bertz CT molecular complexity index is 482. The quantitative estimate of drug-likeness (QED) is 0.855. The zero-order valence-corrected chi connectivity index (χ0v) is 13.2. The van der Waals surface area contributed by atoms with Crippen molar-refractivity contribution in [2.45, 2.75) is 31.0 Å². The summed E-state index contributed by atoms with van der Waals surface area (Å²) in [7, 11) is 1.62. The number of ether oxygens (including phenoxy) is 2. The van der Waals surface area contributed by atoms with Crippen molar-refractivity contribution in [2.24, 2.45) is 5.92 Å². The second-order valence-corrected chi connectivity index (χ2v) is 7.06. The molecule has 1 aromatic carbocycles. The Morgan fingerprint density at radius 1 is 1.43 bits per heavy atom. The van der Waals surface area contributed by atoms with Gasteiger partial charge in [0.25, 0.3) is 0 Å². The Labute approximate surface area is 130 Å². The van der Waals surface area contributed by atoms with Crippen LogP contribution in [0.5, 0.6) is 0 Å². The van der Waals surface area contributed by atoms with Crippen molar-refractivity contribution in [1.82, 2.24) is 0 Å². The Hall–Kier alpha value is -0.840. The molecule has 0 amide bonds. The minimum absolute atomic E-state index is 0.0573. The fourth-order valence-electron chi connectivity index (χ4n) is 3.39. The van der Waals surface area contributed by atoms with E-state index in [-0.39, 0.29) is 17.3 Å². The predicted molar refractivity (Wildman–Crippen MR) is 84.5 cm³/mol. The summed E-state index contributed by atoms with van der Waals surface area (Å²) >= 11 is 1.94. The standard InChI is InChI=1S/C17H22O3S/c1-19-16(13-5-3-2-4-6-13)15(18)14-7-9-20-17(11-14)8-10-21-12-17/h2-6,14,16H,7-12H2,1H3. The SMILES string of the molecule is COC(C(=O)C1CCOC2(CCSC2)C1)c1ccccc1. The number of hydrogen-bond donors (Lipinski definition) is 0. The molecule has 3 atom stereocenters. The normalized spacial score (nSPS) is 30.4. The van der Waals surface area contributed by atoms with Gasteiger partial charge in [-0.05, 0) is 30.6 Å². The molecule has 2 saturated heterocycles. The predicted octanol–water partition coefficient (Wildman–Crippen LogP) is 3.25. The van der Waals surface area contributed by atoms with E-state index in [0.717, 1.165) is 36.3 Å². The molecule has 3 unspecified atom stereocenters. The minimum Gasteiger partial charge on any atom is -0.374 e. The molecule has 1 spiro atoms. The summed E-state index contributed by atoms with van der Waals surface area (Å²) in [5.74, 6) is 2.44. The Balaban J connectivity index is 1.74. The van der Waals surface area contributed by atoms with E-state index in [1.54, 1.807) is 7.11 Å². The molecule has 0 aromatic heterocycles. The van der Waals surface area contributed by atoms with Crippen molar-refractivity contribution >= 4 is 17.5 Å². The van der Waals surface area contributed by atoms with Crippen molar-refractivity contribution in [3.63, 3.8) is 0 Å². The van der Waals surface area contributed by atoms with E-state index in [9.17, 15) is 4.79 Å². The molecule has 0 bridgehead atoms. The lowest BCUT2D eigenvalue weighted by Crippen LogP contribution is -2.43. The van der Waals surface area contributed by atoms with Gasteiger partial charge in [-0.25, -0.2) is 0 Å². The summed E-state index contributed by atoms with van der Waals surface area (Å²) in [5, 5.41) is 0. The number of thioether (sulfide) groups is 1. The van der Waals surface area contributed by atoms with Gasteiger partial charge >= 0.3 is 0 Å². The molecule has 3 rings (SSSR count). The molecule has 2 aliphatic heterocycles. The molecule has 2 heterocycles. The van der Waals surface area contributed by atoms with Crippen LogP contribution in [-0.4, -0.2) is 36.6 Å². The van der Waals surface area contributed by atoms with E-state index in [4.69, 9.17) is 9.47 Å². The third-order valence-corrected chi connectivity index (χ3v) is 5.78. The third-order valence-electron chi connectivity index (χ3n) is 4.56. The molecule has 0 N–H and O–H groups in total. The average molecular weight is 306 g/mol. The van der Waals surface area contributed by atoms with Crippen LogP contribution in [0.1, 0.15) is 30.9 Å². The van der Waals surface area contributed by atoms with Gasteiger partial charge in [-0.2, -0.15) is 11.8 Å². The van der Waals surface area contributed by atoms with E-state index in [2.05, 4.69) is 0 Å².